The third-order valence-corrected chi connectivity index (χ3v) is 7.06. The number of imide groups is 1. The molecule has 2 fully saturated rings. The van der Waals surface area contributed by atoms with Crippen LogP contribution in [0.4, 0.5) is 11.4 Å². The minimum Gasteiger partial charge on any atom is -0.324 e. The van der Waals surface area contributed by atoms with Gasteiger partial charge in [-0.1, -0.05) is 48.6 Å². The molecule has 1 N–H and O–H groups in total. The van der Waals surface area contributed by atoms with E-state index >= 15 is 0 Å². The summed E-state index contributed by atoms with van der Waals surface area (Å²) in [7, 11) is 0. The molecule has 5 atom stereocenters. The number of carbonyl (C=O) groups excluding carboxylic acids is 3. The van der Waals surface area contributed by atoms with Gasteiger partial charge in [-0.25, -0.2) is 0 Å². The van der Waals surface area contributed by atoms with E-state index < -0.39 is 28.7 Å². The molecule has 3 aliphatic rings. The second kappa shape index (κ2) is 7.95. The standard InChI is InChI=1S/C25H23N3O5/c1-14-7-10-18(13-19(14)28(32)33)26-23(29)20(11-15-5-3-2-4-6-15)27-24(30)21-16-8-9-17(12-16)22(21)25(27)31/h2-10,13,16-17,20-22H,11-12H2,1H3,(H,26,29)/t16-,17+,20-,21-,22-/m0/s1. The average Bonchev–Trinajstić information content (AvgIpc) is 3.48. The number of nitrogens with zero attached hydrogens (tertiary/aromatic N) is 2. The van der Waals surface area contributed by atoms with Gasteiger partial charge < -0.3 is 5.32 Å². The summed E-state index contributed by atoms with van der Waals surface area (Å²) in [5, 5.41) is 14.0. The van der Waals surface area contributed by atoms with Gasteiger partial charge in [-0.15, -0.1) is 0 Å². The molecule has 168 valence electrons. The maximum absolute atomic E-state index is 13.4. The van der Waals surface area contributed by atoms with Crippen LogP contribution in [0.25, 0.3) is 0 Å². The van der Waals surface area contributed by atoms with Gasteiger partial charge in [0.25, 0.3) is 5.69 Å². The Balaban J connectivity index is 1.46. The van der Waals surface area contributed by atoms with Crippen LogP contribution < -0.4 is 5.32 Å². The Kier molecular flexibility index (Phi) is 5.08. The number of anilines is 1. The fraction of sp³-hybridized carbons (Fsp3) is 0.320. The van der Waals surface area contributed by atoms with Crippen LogP contribution >= 0.6 is 0 Å². The van der Waals surface area contributed by atoms with Crippen LogP contribution in [0, 0.1) is 40.7 Å². The highest BCUT2D eigenvalue weighted by molar-refractivity contribution is 6.11. The Bertz CT molecular complexity index is 1160. The monoisotopic (exact) mass is 445 g/mol. The van der Waals surface area contributed by atoms with Crippen molar-refractivity contribution in [2.75, 3.05) is 5.32 Å². The van der Waals surface area contributed by atoms with Crippen LogP contribution in [-0.2, 0) is 20.8 Å². The van der Waals surface area contributed by atoms with Crippen LogP contribution in [-0.4, -0.2) is 33.6 Å². The van der Waals surface area contributed by atoms with E-state index in [1.54, 1.807) is 19.1 Å². The molecule has 1 saturated carbocycles. The molecule has 33 heavy (non-hydrogen) atoms. The number of fused-ring (bicyclic) bond motifs is 5. The Morgan fingerprint density at radius 2 is 1.73 bits per heavy atom. The van der Waals surface area contributed by atoms with Gasteiger partial charge in [0.1, 0.15) is 6.04 Å². The number of likely N-dealkylation sites (tertiary alicyclic amines) is 1. The first-order chi connectivity index (χ1) is 15.8. The Labute approximate surface area is 190 Å². The van der Waals surface area contributed by atoms with E-state index in [-0.39, 0.29) is 41.4 Å². The van der Waals surface area contributed by atoms with Crippen LogP contribution in [0.1, 0.15) is 17.5 Å². The number of nitro groups is 1. The lowest BCUT2D eigenvalue weighted by Crippen LogP contribution is -2.49. The molecule has 1 heterocycles. The van der Waals surface area contributed by atoms with E-state index in [0.29, 0.717) is 5.56 Å². The lowest BCUT2D eigenvalue weighted by Gasteiger charge is -2.27. The zero-order valence-electron chi connectivity index (χ0n) is 18.0. The molecule has 0 radical (unpaired) electrons. The number of hydrogen-bond acceptors (Lipinski definition) is 5. The molecular weight excluding hydrogens is 422 g/mol. The quantitative estimate of drug-likeness (QED) is 0.318. The molecule has 1 saturated heterocycles. The van der Waals surface area contributed by atoms with Crippen molar-refractivity contribution in [2.45, 2.75) is 25.8 Å². The fourth-order valence-electron chi connectivity index (χ4n) is 5.48. The smallest absolute Gasteiger partial charge is 0.274 e. The van der Waals surface area contributed by atoms with Crippen molar-refractivity contribution in [3.8, 4) is 0 Å². The number of allylic oxidation sites excluding steroid dienone is 2. The number of rotatable bonds is 6. The maximum atomic E-state index is 13.4. The highest BCUT2D eigenvalue weighted by Crippen LogP contribution is 2.53. The van der Waals surface area contributed by atoms with Crippen LogP contribution in [0.5, 0.6) is 0 Å². The SMILES string of the molecule is Cc1ccc(NC(=O)[C@H](Cc2ccccc2)N2C(=O)[C@@H]3[C@@H](C2=O)[C@H]2C=C[C@@H]3C2)cc1[N+](=O)[O-]. The van der Waals surface area contributed by atoms with Crippen molar-refractivity contribution in [1.29, 1.82) is 0 Å². The summed E-state index contributed by atoms with van der Waals surface area (Å²) in [6, 6.07) is 12.6. The van der Waals surface area contributed by atoms with Gasteiger partial charge in [-0.2, -0.15) is 0 Å². The molecule has 3 amide bonds. The molecule has 0 unspecified atom stereocenters. The Morgan fingerprint density at radius 1 is 1.09 bits per heavy atom. The number of carbonyl (C=O) groups is 3. The third kappa shape index (κ3) is 3.51. The van der Waals surface area contributed by atoms with Crippen molar-refractivity contribution in [2.24, 2.45) is 23.7 Å². The lowest BCUT2D eigenvalue weighted by atomic mass is 9.85. The molecule has 0 aromatic heterocycles. The zero-order valence-corrected chi connectivity index (χ0v) is 18.0. The minimum absolute atomic E-state index is 0.0432. The summed E-state index contributed by atoms with van der Waals surface area (Å²) in [5.74, 6) is -1.86. The molecule has 2 bridgehead atoms. The number of benzene rings is 2. The van der Waals surface area contributed by atoms with Gasteiger partial charge >= 0.3 is 0 Å². The average molecular weight is 445 g/mol. The summed E-state index contributed by atoms with van der Waals surface area (Å²) in [6.45, 7) is 1.62. The van der Waals surface area contributed by atoms with Gasteiger partial charge in [0.2, 0.25) is 17.7 Å². The first kappa shape index (κ1) is 21.1. The first-order valence-electron chi connectivity index (χ1n) is 11.0. The van der Waals surface area contributed by atoms with Crippen molar-refractivity contribution < 1.29 is 19.3 Å². The topological polar surface area (TPSA) is 110 Å². The van der Waals surface area contributed by atoms with Crippen LogP contribution in [0.3, 0.4) is 0 Å². The fourth-order valence-corrected chi connectivity index (χ4v) is 5.48. The number of amides is 3. The minimum atomic E-state index is -1.04. The summed E-state index contributed by atoms with van der Waals surface area (Å²) in [5.41, 5.74) is 1.42. The first-order valence-corrected chi connectivity index (χ1v) is 11.0. The van der Waals surface area contributed by atoms with Crippen molar-refractivity contribution in [1.82, 2.24) is 4.90 Å². The molecule has 2 aliphatic carbocycles. The third-order valence-electron chi connectivity index (χ3n) is 7.06. The highest BCUT2D eigenvalue weighted by atomic mass is 16.6. The maximum Gasteiger partial charge on any atom is 0.274 e. The van der Waals surface area contributed by atoms with Crippen LogP contribution in [0.15, 0.2) is 60.7 Å². The molecule has 1 aliphatic heterocycles. The van der Waals surface area contributed by atoms with Crippen molar-refractivity contribution >= 4 is 29.1 Å². The second-order valence-electron chi connectivity index (χ2n) is 9.00. The summed E-state index contributed by atoms with van der Waals surface area (Å²) in [6.07, 6.45) is 5.00. The molecule has 8 nitrogen and oxygen atoms in total. The Morgan fingerprint density at radius 3 is 2.33 bits per heavy atom. The molecule has 5 rings (SSSR count). The van der Waals surface area contributed by atoms with Crippen molar-refractivity contribution in [3.63, 3.8) is 0 Å². The molecular formula is C25H23N3O5. The summed E-state index contributed by atoms with van der Waals surface area (Å²) >= 11 is 0. The molecule has 2 aromatic rings. The predicted octanol–water partition coefficient (Wildman–Crippen LogP) is 3.26. The van der Waals surface area contributed by atoms with Crippen LogP contribution in [0.2, 0.25) is 0 Å². The van der Waals surface area contributed by atoms with Gasteiger partial charge in [-0.05, 0) is 36.8 Å². The molecule has 8 heteroatoms. The lowest BCUT2D eigenvalue weighted by molar-refractivity contribution is -0.385. The summed E-state index contributed by atoms with van der Waals surface area (Å²) in [4.78, 5) is 52.1. The van der Waals surface area contributed by atoms with E-state index in [0.717, 1.165) is 16.9 Å². The zero-order chi connectivity index (χ0) is 23.3. The van der Waals surface area contributed by atoms with Gasteiger partial charge in [-0.3, -0.25) is 29.4 Å². The van der Waals surface area contributed by atoms with E-state index in [2.05, 4.69) is 5.32 Å². The second-order valence-corrected chi connectivity index (χ2v) is 9.00. The number of hydrogen-bond donors (Lipinski definition) is 1. The van der Waals surface area contributed by atoms with E-state index in [1.165, 1.54) is 6.07 Å². The molecule has 2 aromatic carbocycles. The van der Waals surface area contributed by atoms with Gasteiger partial charge in [0, 0.05) is 23.7 Å². The highest BCUT2D eigenvalue weighted by Gasteiger charge is 2.61. The molecule has 0 spiro atoms. The summed E-state index contributed by atoms with van der Waals surface area (Å²) < 4.78 is 0. The normalized spacial score (nSPS) is 25.9. The largest absolute Gasteiger partial charge is 0.324 e. The predicted molar refractivity (Wildman–Crippen MR) is 120 cm³/mol. The number of nitrogens with one attached hydrogen (secondary N) is 1. The van der Waals surface area contributed by atoms with E-state index in [1.807, 2.05) is 42.5 Å². The van der Waals surface area contributed by atoms with Gasteiger partial charge in [0.15, 0.2) is 0 Å². The number of aryl methyl sites for hydroxylation is 1. The Hall–Kier alpha value is -3.81. The number of nitro benzene ring substituents is 1. The van der Waals surface area contributed by atoms with E-state index in [4.69, 9.17) is 0 Å². The van der Waals surface area contributed by atoms with E-state index in [9.17, 15) is 24.5 Å². The van der Waals surface area contributed by atoms with Crippen molar-refractivity contribution in [3.05, 3.63) is 81.9 Å². The van der Waals surface area contributed by atoms with Gasteiger partial charge in [0.05, 0.1) is 16.8 Å².